The molecule has 0 saturated heterocycles. The van der Waals surface area contributed by atoms with Crippen LogP contribution in [0.3, 0.4) is 0 Å². The summed E-state index contributed by atoms with van der Waals surface area (Å²) in [5.74, 6) is 0. The van der Waals surface area contributed by atoms with E-state index in [0.717, 1.165) is 6.54 Å². The number of benzene rings is 1. The zero-order valence-electron chi connectivity index (χ0n) is 8.67. The van der Waals surface area contributed by atoms with Gasteiger partial charge in [0.15, 0.2) is 0 Å². The van der Waals surface area contributed by atoms with Crippen LogP contribution in [0.2, 0.25) is 0 Å². The van der Waals surface area contributed by atoms with Crippen LogP contribution in [0.25, 0.3) is 0 Å². The highest BCUT2D eigenvalue weighted by Gasteiger charge is 2.02. The summed E-state index contributed by atoms with van der Waals surface area (Å²) in [6.45, 7) is 9.01. The van der Waals surface area contributed by atoms with E-state index in [1.54, 1.807) is 0 Å². The SMILES string of the molecule is C=C(C)CN(C)c1ccccc1C. The maximum absolute atomic E-state index is 3.91. The van der Waals surface area contributed by atoms with Gasteiger partial charge < -0.3 is 4.90 Å². The Kier molecular flexibility index (Phi) is 3.13. The molecular formula is C12H17N. The summed E-state index contributed by atoms with van der Waals surface area (Å²) >= 11 is 0. The Bertz CT molecular complexity index is 302. The smallest absolute Gasteiger partial charge is 0.0396 e. The lowest BCUT2D eigenvalue weighted by Gasteiger charge is -2.21. The average Bonchev–Trinajstić information content (AvgIpc) is 2.03. The van der Waals surface area contributed by atoms with Crippen LogP contribution in [0.4, 0.5) is 5.69 Å². The molecule has 0 amide bonds. The van der Waals surface area contributed by atoms with Crippen LogP contribution < -0.4 is 4.90 Å². The van der Waals surface area contributed by atoms with Crippen molar-refractivity contribution in [2.24, 2.45) is 0 Å². The fourth-order valence-corrected chi connectivity index (χ4v) is 1.48. The highest BCUT2D eigenvalue weighted by Crippen LogP contribution is 2.18. The first-order valence-corrected chi connectivity index (χ1v) is 4.52. The second-order valence-electron chi connectivity index (χ2n) is 3.60. The van der Waals surface area contributed by atoms with E-state index in [1.165, 1.54) is 16.8 Å². The van der Waals surface area contributed by atoms with Crippen molar-refractivity contribution in [2.45, 2.75) is 13.8 Å². The first kappa shape index (κ1) is 9.85. The van der Waals surface area contributed by atoms with Crippen LogP contribution >= 0.6 is 0 Å². The molecule has 1 nitrogen and oxygen atoms in total. The van der Waals surface area contributed by atoms with Crippen molar-refractivity contribution >= 4 is 5.69 Å². The third-order valence-electron chi connectivity index (χ3n) is 2.03. The van der Waals surface area contributed by atoms with Crippen LogP contribution in [0.1, 0.15) is 12.5 Å². The molecule has 1 heteroatoms. The fourth-order valence-electron chi connectivity index (χ4n) is 1.48. The number of para-hydroxylation sites is 1. The summed E-state index contributed by atoms with van der Waals surface area (Å²) in [5.41, 5.74) is 3.78. The van der Waals surface area contributed by atoms with Crippen LogP contribution in [-0.2, 0) is 0 Å². The number of rotatable bonds is 3. The highest BCUT2D eigenvalue weighted by molar-refractivity contribution is 5.52. The number of hydrogen-bond donors (Lipinski definition) is 0. The van der Waals surface area contributed by atoms with Crippen molar-refractivity contribution in [1.82, 2.24) is 0 Å². The number of likely N-dealkylation sites (N-methyl/N-ethyl adjacent to an activating group) is 1. The minimum atomic E-state index is 0.921. The Morgan fingerprint density at radius 2 is 2.00 bits per heavy atom. The standard InChI is InChI=1S/C12H17N/c1-10(2)9-13(4)12-8-6-5-7-11(12)3/h5-8H,1,9H2,2-4H3. The van der Waals surface area contributed by atoms with Crippen LogP contribution in [0.15, 0.2) is 36.4 Å². The summed E-state index contributed by atoms with van der Waals surface area (Å²) in [5, 5.41) is 0. The van der Waals surface area contributed by atoms with Crippen LogP contribution in [0.5, 0.6) is 0 Å². The lowest BCUT2D eigenvalue weighted by atomic mass is 10.2. The van der Waals surface area contributed by atoms with E-state index in [0.29, 0.717) is 0 Å². The van der Waals surface area contributed by atoms with Crippen molar-refractivity contribution < 1.29 is 0 Å². The minimum absolute atomic E-state index is 0.921. The summed E-state index contributed by atoms with van der Waals surface area (Å²) < 4.78 is 0. The molecule has 0 aliphatic heterocycles. The van der Waals surface area contributed by atoms with E-state index in [2.05, 4.69) is 56.6 Å². The van der Waals surface area contributed by atoms with E-state index in [-0.39, 0.29) is 0 Å². The molecule has 1 aromatic rings. The molecule has 1 aromatic carbocycles. The van der Waals surface area contributed by atoms with E-state index in [9.17, 15) is 0 Å². The lowest BCUT2D eigenvalue weighted by molar-refractivity contribution is 0.978. The van der Waals surface area contributed by atoms with Gasteiger partial charge in [-0.25, -0.2) is 0 Å². The molecule has 0 atom stereocenters. The van der Waals surface area contributed by atoms with Gasteiger partial charge in [-0.2, -0.15) is 0 Å². The highest BCUT2D eigenvalue weighted by atomic mass is 15.1. The number of aryl methyl sites for hydroxylation is 1. The van der Waals surface area contributed by atoms with Gasteiger partial charge in [0.2, 0.25) is 0 Å². The van der Waals surface area contributed by atoms with Gasteiger partial charge >= 0.3 is 0 Å². The lowest BCUT2D eigenvalue weighted by Crippen LogP contribution is -2.19. The molecule has 0 unspecified atom stereocenters. The molecule has 70 valence electrons. The van der Waals surface area contributed by atoms with Crippen molar-refractivity contribution in [1.29, 1.82) is 0 Å². The van der Waals surface area contributed by atoms with Crippen molar-refractivity contribution in [3.8, 4) is 0 Å². The van der Waals surface area contributed by atoms with E-state index < -0.39 is 0 Å². The first-order valence-electron chi connectivity index (χ1n) is 4.52. The third-order valence-corrected chi connectivity index (χ3v) is 2.03. The van der Waals surface area contributed by atoms with Gasteiger partial charge in [0.1, 0.15) is 0 Å². The molecule has 0 radical (unpaired) electrons. The molecule has 0 fully saturated rings. The maximum Gasteiger partial charge on any atom is 0.0396 e. The molecule has 0 aromatic heterocycles. The van der Waals surface area contributed by atoms with Crippen LogP contribution in [-0.4, -0.2) is 13.6 Å². The molecule has 0 aliphatic rings. The first-order chi connectivity index (χ1) is 6.11. The zero-order chi connectivity index (χ0) is 9.84. The van der Waals surface area contributed by atoms with Crippen molar-refractivity contribution in [3.63, 3.8) is 0 Å². The van der Waals surface area contributed by atoms with Gasteiger partial charge in [-0.3, -0.25) is 0 Å². The molecule has 13 heavy (non-hydrogen) atoms. The van der Waals surface area contributed by atoms with Gasteiger partial charge in [-0.05, 0) is 25.5 Å². The topological polar surface area (TPSA) is 3.24 Å². The number of hydrogen-bond acceptors (Lipinski definition) is 1. The Morgan fingerprint density at radius 3 is 2.54 bits per heavy atom. The van der Waals surface area contributed by atoms with Crippen molar-refractivity contribution in [3.05, 3.63) is 42.0 Å². The van der Waals surface area contributed by atoms with Crippen molar-refractivity contribution in [2.75, 3.05) is 18.5 Å². The number of anilines is 1. The fraction of sp³-hybridized carbons (Fsp3) is 0.333. The third kappa shape index (κ3) is 2.62. The molecule has 1 rings (SSSR count). The van der Waals surface area contributed by atoms with E-state index in [1.807, 2.05) is 0 Å². The second-order valence-corrected chi connectivity index (χ2v) is 3.60. The average molecular weight is 175 g/mol. The monoisotopic (exact) mass is 175 g/mol. The molecular weight excluding hydrogens is 158 g/mol. The predicted octanol–water partition coefficient (Wildman–Crippen LogP) is 3.01. The van der Waals surface area contributed by atoms with Gasteiger partial charge in [0.25, 0.3) is 0 Å². The summed E-state index contributed by atoms with van der Waals surface area (Å²) in [7, 11) is 2.09. The van der Waals surface area contributed by atoms with Gasteiger partial charge in [0.05, 0.1) is 0 Å². The quantitative estimate of drug-likeness (QED) is 0.638. The van der Waals surface area contributed by atoms with Gasteiger partial charge in [0, 0.05) is 19.3 Å². The van der Waals surface area contributed by atoms with Gasteiger partial charge in [-0.1, -0.05) is 30.4 Å². The zero-order valence-corrected chi connectivity index (χ0v) is 8.67. The summed E-state index contributed by atoms with van der Waals surface area (Å²) in [6, 6.07) is 8.40. The van der Waals surface area contributed by atoms with E-state index in [4.69, 9.17) is 0 Å². The summed E-state index contributed by atoms with van der Waals surface area (Å²) in [6.07, 6.45) is 0. The molecule has 0 spiro atoms. The van der Waals surface area contributed by atoms with E-state index >= 15 is 0 Å². The number of nitrogens with zero attached hydrogens (tertiary/aromatic N) is 1. The predicted molar refractivity (Wildman–Crippen MR) is 59.3 cm³/mol. The Balaban J connectivity index is 2.82. The maximum atomic E-state index is 3.91. The molecule has 0 bridgehead atoms. The second kappa shape index (κ2) is 4.13. The Labute approximate surface area is 80.7 Å². The summed E-state index contributed by atoms with van der Waals surface area (Å²) in [4.78, 5) is 2.22. The Hall–Kier alpha value is -1.24. The minimum Gasteiger partial charge on any atom is -0.370 e. The normalized spacial score (nSPS) is 9.77. The molecule has 0 saturated carbocycles. The Morgan fingerprint density at radius 1 is 1.38 bits per heavy atom. The largest absolute Gasteiger partial charge is 0.370 e. The molecule has 0 aliphatic carbocycles. The van der Waals surface area contributed by atoms with Gasteiger partial charge in [-0.15, -0.1) is 0 Å². The molecule has 0 heterocycles. The van der Waals surface area contributed by atoms with Crippen LogP contribution in [0, 0.1) is 6.92 Å². The molecule has 0 N–H and O–H groups in total.